The first-order chi connectivity index (χ1) is 25.6. The van der Waals surface area contributed by atoms with Gasteiger partial charge in [0.25, 0.3) is 0 Å². The molecule has 0 unspecified atom stereocenters. The van der Waals surface area contributed by atoms with E-state index in [9.17, 15) is 46.0 Å². The molecule has 6 fully saturated rings. The number of rotatable bonds is 10. The molecule has 0 aromatic rings. The Morgan fingerprint density at radius 1 is 0.727 bits per heavy atom. The molecule has 13 heteroatoms. The van der Waals surface area contributed by atoms with Gasteiger partial charge < -0.3 is 64.9 Å². The van der Waals surface area contributed by atoms with E-state index in [0.717, 1.165) is 38.5 Å². The number of aliphatic hydroxyl groups excluding tert-OH is 8. The van der Waals surface area contributed by atoms with Gasteiger partial charge in [-0.3, -0.25) is 0 Å². The highest BCUT2D eigenvalue weighted by Gasteiger charge is 2.71. The molecule has 4 aliphatic carbocycles. The quantitative estimate of drug-likeness (QED) is 0.115. The lowest BCUT2D eigenvalue weighted by Crippen LogP contribution is -2.68. The number of allylic oxidation sites excluding steroid dienone is 2. The van der Waals surface area contributed by atoms with Crippen LogP contribution in [-0.4, -0.2) is 138 Å². The summed E-state index contributed by atoms with van der Waals surface area (Å²) in [7, 11) is 0. The Bertz CT molecular complexity index is 1370. The molecule has 2 aliphatic heterocycles. The summed E-state index contributed by atoms with van der Waals surface area (Å²) in [4.78, 5) is 0. The second kappa shape index (κ2) is 15.7. The molecule has 2 saturated heterocycles. The standard InChI is InChI=1S/C42H72O13/c1-21(2)10-9-14-42(8,51)22-11-16-41(7)29(22)23(45)18-27-39(5)15-13-28(38(3,4)26(39)12-17-40(27,41)6)54-37-35(33(49)31(47)25(20-44)53-37)55-36-34(50)32(48)30(46)24(19-43)52-36/h10,22-37,43-51H,9,11-20H2,1-8H3/t22-,23+,24-,25-,26-,27+,28+,29+,30-,31-,32+,33+,34-,35-,36+,37+,39+,40+,41+,42+/m1/s1. The minimum absolute atomic E-state index is 0.00798. The summed E-state index contributed by atoms with van der Waals surface area (Å²) in [5.41, 5.74) is -0.405. The van der Waals surface area contributed by atoms with Crippen molar-refractivity contribution >= 4 is 0 Å². The summed E-state index contributed by atoms with van der Waals surface area (Å²) in [6.45, 7) is 16.5. The van der Waals surface area contributed by atoms with Crippen molar-refractivity contribution in [2.75, 3.05) is 13.2 Å². The van der Waals surface area contributed by atoms with E-state index in [2.05, 4.69) is 54.5 Å². The summed E-state index contributed by atoms with van der Waals surface area (Å²) in [6, 6.07) is 0. The van der Waals surface area contributed by atoms with Crippen LogP contribution in [0.2, 0.25) is 0 Å². The van der Waals surface area contributed by atoms with Gasteiger partial charge in [0.2, 0.25) is 0 Å². The van der Waals surface area contributed by atoms with Crippen LogP contribution in [0.25, 0.3) is 0 Å². The maximum atomic E-state index is 12.2. The van der Waals surface area contributed by atoms with Crippen molar-refractivity contribution in [1.82, 2.24) is 0 Å². The molecule has 4 saturated carbocycles. The summed E-state index contributed by atoms with van der Waals surface area (Å²) >= 11 is 0. The van der Waals surface area contributed by atoms with Gasteiger partial charge in [0.05, 0.1) is 31.0 Å². The zero-order valence-corrected chi connectivity index (χ0v) is 34.3. The van der Waals surface area contributed by atoms with Crippen LogP contribution in [0.4, 0.5) is 0 Å². The van der Waals surface area contributed by atoms with Crippen molar-refractivity contribution in [2.45, 2.75) is 192 Å². The van der Waals surface area contributed by atoms with Crippen LogP contribution in [0.5, 0.6) is 0 Å². The predicted molar refractivity (Wildman–Crippen MR) is 201 cm³/mol. The molecule has 6 rings (SSSR count). The van der Waals surface area contributed by atoms with E-state index >= 15 is 0 Å². The first-order valence-corrected chi connectivity index (χ1v) is 20.9. The van der Waals surface area contributed by atoms with Crippen molar-refractivity contribution in [3.05, 3.63) is 11.6 Å². The Hall–Kier alpha value is -0.780. The van der Waals surface area contributed by atoms with Crippen molar-refractivity contribution in [1.29, 1.82) is 0 Å². The minimum Gasteiger partial charge on any atom is -0.394 e. The zero-order valence-electron chi connectivity index (χ0n) is 34.3. The van der Waals surface area contributed by atoms with E-state index in [0.29, 0.717) is 19.3 Å². The third-order valence-electron chi connectivity index (χ3n) is 16.6. The number of aliphatic hydroxyl groups is 9. The highest BCUT2D eigenvalue weighted by Crippen LogP contribution is 2.76. The molecule has 55 heavy (non-hydrogen) atoms. The second-order valence-electron chi connectivity index (χ2n) is 20.1. The molecular formula is C42H72O13. The second-order valence-corrected chi connectivity index (χ2v) is 20.1. The van der Waals surface area contributed by atoms with Crippen LogP contribution < -0.4 is 0 Å². The Balaban J connectivity index is 1.23. The average Bonchev–Trinajstić information content (AvgIpc) is 3.50. The number of hydrogen-bond donors (Lipinski definition) is 9. The molecule has 0 aromatic heterocycles. The van der Waals surface area contributed by atoms with Crippen LogP contribution in [0.15, 0.2) is 11.6 Å². The molecule has 6 aliphatic rings. The first kappa shape index (κ1) is 43.8. The Kier molecular flexibility index (Phi) is 12.5. The lowest BCUT2D eigenvalue weighted by Gasteiger charge is -2.70. The summed E-state index contributed by atoms with van der Waals surface area (Å²) in [5.74, 6) is 0.445. The normalized spacial score (nSPS) is 52.0. The smallest absolute Gasteiger partial charge is 0.187 e. The minimum atomic E-state index is -1.75. The monoisotopic (exact) mass is 784 g/mol. The molecule has 0 amide bonds. The van der Waals surface area contributed by atoms with E-state index in [1.165, 1.54) is 5.57 Å². The highest BCUT2D eigenvalue weighted by atomic mass is 16.8. The first-order valence-electron chi connectivity index (χ1n) is 20.9. The van der Waals surface area contributed by atoms with Crippen LogP contribution in [0.1, 0.15) is 113 Å². The van der Waals surface area contributed by atoms with Gasteiger partial charge in [0.15, 0.2) is 12.6 Å². The Labute approximate surface area is 327 Å². The van der Waals surface area contributed by atoms with Gasteiger partial charge in [-0.15, -0.1) is 0 Å². The average molecular weight is 785 g/mol. The zero-order chi connectivity index (χ0) is 40.6. The summed E-state index contributed by atoms with van der Waals surface area (Å²) in [5, 5.41) is 97.4. The van der Waals surface area contributed by atoms with Crippen molar-refractivity contribution in [3.63, 3.8) is 0 Å². The van der Waals surface area contributed by atoms with Gasteiger partial charge in [-0.05, 0) is 124 Å². The lowest BCUT2D eigenvalue weighted by molar-refractivity contribution is -0.378. The van der Waals surface area contributed by atoms with Gasteiger partial charge in [-0.25, -0.2) is 0 Å². The topological polar surface area (TPSA) is 219 Å². The lowest BCUT2D eigenvalue weighted by atomic mass is 9.35. The van der Waals surface area contributed by atoms with E-state index in [1.54, 1.807) is 0 Å². The van der Waals surface area contributed by atoms with E-state index < -0.39 is 97.8 Å². The van der Waals surface area contributed by atoms with Gasteiger partial charge in [0.1, 0.15) is 48.8 Å². The molecular weight excluding hydrogens is 712 g/mol. The van der Waals surface area contributed by atoms with Crippen LogP contribution >= 0.6 is 0 Å². The third kappa shape index (κ3) is 7.20. The third-order valence-corrected chi connectivity index (χ3v) is 16.6. The predicted octanol–water partition coefficient (Wildman–Crippen LogP) is 2.15. The fraction of sp³-hybridized carbons (Fsp3) is 0.952. The Morgan fingerprint density at radius 2 is 1.33 bits per heavy atom. The molecule has 2 heterocycles. The maximum Gasteiger partial charge on any atom is 0.187 e. The van der Waals surface area contributed by atoms with Crippen molar-refractivity contribution < 1.29 is 64.9 Å². The summed E-state index contributed by atoms with van der Waals surface area (Å²) < 4.78 is 24.4. The molecule has 0 radical (unpaired) electrons. The van der Waals surface area contributed by atoms with Gasteiger partial charge in [-0.1, -0.05) is 46.3 Å². The van der Waals surface area contributed by atoms with Crippen LogP contribution in [0.3, 0.4) is 0 Å². The van der Waals surface area contributed by atoms with Gasteiger partial charge in [0, 0.05) is 0 Å². The fourth-order valence-electron chi connectivity index (χ4n) is 13.3. The van der Waals surface area contributed by atoms with Crippen LogP contribution in [0, 0.1) is 45.3 Å². The van der Waals surface area contributed by atoms with E-state index in [4.69, 9.17) is 18.9 Å². The summed E-state index contributed by atoms with van der Waals surface area (Å²) in [6.07, 6.45) is -6.48. The molecule has 0 aromatic carbocycles. The van der Waals surface area contributed by atoms with E-state index in [1.807, 2.05) is 6.92 Å². The number of ether oxygens (including phenoxy) is 4. The highest BCUT2D eigenvalue weighted by molar-refractivity contribution is 5.20. The fourth-order valence-corrected chi connectivity index (χ4v) is 13.3. The number of fused-ring (bicyclic) bond motifs is 5. The molecule has 0 spiro atoms. The molecule has 0 bridgehead atoms. The SMILES string of the molecule is CC(C)=CCC[C@](C)(O)[C@@H]1CC[C@@]2(C)[C@@H]1[C@@H](O)C[C@H]1[C@@]3(C)CC[C@H](O[C@@H]4O[C@H](CO)[C@@H](O)[C@H](O)[C@H]4O[C@@H]4O[C@H](CO)[C@@H](O)[C@H](O)[C@H]4O)C(C)(C)[C@H]3CC[C@@]12C. The largest absolute Gasteiger partial charge is 0.394 e. The molecule has 318 valence electrons. The molecule has 9 N–H and O–H groups in total. The van der Waals surface area contributed by atoms with Crippen molar-refractivity contribution in [3.8, 4) is 0 Å². The molecule has 20 atom stereocenters. The van der Waals surface area contributed by atoms with E-state index in [-0.39, 0.29) is 39.9 Å². The molecule has 13 nitrogen and oxygen atoms in total. The van der Waals surface area contributed by atoms with Gasteiger partial charge in [-0.2, -0.15) is 0 Å². The van der Waals surface area contributed by atoms with Crippen molar-refractivity contribution in [2.24, 2.45) is 45.3 Å². The van der Waals surface area contributed by atoms with Gasteiger partial charge >= 0.3 is 0 Å². The van der Waals surface area contributed by atoms with Crippen LogP contribution in [-0.2, 0) is 18.9 Å². The Morgan fingerprint density at radius 3 is 1.95 bits per heavy atom. The maximum absolute atomic E-state index is 12.2. The number of hydrogen-bond acceptors (Lipinski definition) is 13.